The Morgan fingerprint density at radius 1 is 1.30 bits per heavy atom. The van der Waals surface area contributed by atoms with Crippen LogP contribution in [0.15, 0.2) is 30.3 Å². The Hall–Kier alpha value is 1.00. The van der Waals surface area contributed by atoms with Crippen LogP contribution in [0.3, 0.4) is 0 Å². The van der Waals surface area contributed by atoms with Crippen molar-refractivity contribution in [3.8, 4) is 0 Å². The topological polar surface area (TPSA) is 0 Å². The average Bonchev–Trinajstić information content (AvgIpc) is 2.05. The molecule has 2 unspecified atom stereocenters. The predicted octanol–water partition coefficient (Wildman–Crippen LogP) is 2.89. The Balaban J connectivity index is 2.75. The molecule has 2 atom stereocenters. The second-order valence-electron chi connectivity index (χ2n) is 2.28. The zero-order valence-corrected chi connectivity index (χ0v) is 10.2. The molecular weight excluding hydrogens is 271 g/mol. The zero-order chi connectivity index (χ0) is 7.40. The summed E-state index contributed by atoms with van der Waals surface area (Å²) in [6, 6.07) is 10.7. The molecule has 0 N–H and O–H groups in total. The monoisotopic (exact) mass is 279 g/mol. The Kier molecular flexibility index (Phi) is 4.36. The first-order valence-electron chi connectivity index (χ1n) is 3.32. The quantitative estimate of drug-likeness (QED) is 0.731. The van der Waals surface area contributed by atoms with Gasteiger partial charge in [-0.05, 0) is 0 Å². The van der Waals surface area contributed by atoms with Crippen LogP contribution < -0.4 is 0 Å². The van der Waals surface area contributed by atoms with Gasteiger partial charge in [-0.1, -0.05) is 0 Å². The molecule has 1 rings (SSSR count). The van der Waals surface area contributed by atoms with Gasteiger partial charge in [-0.2, -0.15) is 0 Å². The van der Waals surface area contributed by atoms with E-state index in [-0.39, 0.29) is 0 Å². The first kappa shape index (κ1) is 9.09. The number of benzene rings is 1. The van der Waals surface area contributed by atoms with Gasteiger partial charge in [0.05, 0.1) is 0 Å². The predicted molar refractivity (Wildman–Crippen MR) is 43.2 cm³/mol. The molecule has 1 aromatic carbocycles. The van der Waals surface area contributed by atoms with Gasteiger partial charge in [-0.25, -0.2) is 0 Å². The summed E-state index contributed by atoms with van der Waals surface area (Å²) >= 11 is 1.34. The van der Waals surface area contributed by atoms with Crippen molar-refractivity contribution in [1.82, 2.24) is 0 Å². The van der Waals surface area contributed by atoms with Crippen LogP contribution in [-0.4, -0.2) is 0 Å². The van der Waals surface area contributed by atoms with E-state index in [9.17, 15) is 0 Å². The molecule has 0 aliphatic carbocycles. The third-order valence-corrected chi connectivity index (χ3v) is 6.45. The average molecular weight is 281 g/mol. The van der Waals surface area contributed by atoms with Crippen molar-refractivity contribution < 1.29 is 38.0 Å². The van der Waals surface area contributed by atoms with Gasteiger partial charge in [-0.3, -0.25) is 0 Å². The first-order valence-corrected chi connectivity index (χ1v) is 9.20. The second-order valence-corrected chi connectivity index (χ2v) is 6.21. The standard InChI is InChI=1S/C8H10P.Nd/c1-7(9)8-5-3-2-4-6-8;/h2-7,9H,1H3;/q-1;+1. The molecule has 0 bridgehead atoms. The summed E-state index contributed by atoms with van der Waals surface area (Å²) in [4.78, 5) is 0. The van der Waals surface area contributed by atoms with E-state index in [4.69, 9.17) is 0 Å². The van der Waals surface area contributed by atoms with E-state index in [1.165, 1.54) is 43.6 Å². The Labute approximate surface area is 88.9 Å². The summed E-state index contributed by atoms with van der Waals surface area (Å²) < 4.78 is 1.15. The van der Waals surface area contributed by atoms with Crippen molar-refractivity contribution in [2.45, 2.75) is 12.6 Å². The molecule has 0 nitrogen and oxygen atoms in total. The van der Waals surface area contributed by atoms with Crippen LogP contribution in [0.25, 0.3) is 0 Å². The molecule has 0 aromatic heterocycles. The Bertz CT molecular complexity index is 186. The van der Waals surface area contributed by atoms with Crippen molar-refractivity contribution in [3.63, 3.8) is 0 Å². The van der Waals surface area contributed by atoms with Crippen molar-refractivity contribution in [2.75, 3.05) is 0 Å². The molecule has 10 heavy (non-hydrogen) atoms. The van der Waals surface area contributed by atoms with Gasteiger partial charge < -0.3 is 0 Å². The normalized spacial score (nSPS) is 14.0. The molecular formula is C8H10NdP. The fraction of sp³-hybridized carbons (Fsp3) is 0.250. The molecule has 2 heteroatoms. The number of hydrogen-bond acceptors (Lipinski definition) is 0. The van der Waals surface area contributed by atoms with E-state index in [1.807, 2.05) is 0 Å². The van der Waals surface area contributed by atoms with E-state index in [2.05, 4.69) is 37.3 Å². The maximum absolute atomic E-state index is 2.31. The van der Waals surface area contributed by atoms with Gasteiger partial charge in [0.25, 0.3) is 0 Å². The molecule has 0 spiro atoms. The molecule has 0 aliphatic rings. The number of rotatable bonds is 2. The Morgan fingerprint density at radius 3 is 2.40 bits per heavy atom. The molecule has 0 saturated carbocycles. The van der Waals surface area contributed by atoms with Crippen LogP contribution in [0.4, 0.5) is 0 Å². The zero-order valence-electron chi connectivity index (χ0n) is 5.96. The van der Waals surface area contributed by atoms with Crippen LogP contribution in [-0.2, 0) is 0 Å². The van der Waals surface area contributed by atoms with Crippen LogP contribution in [0.1, 0.15) is 18.1 Å². The summed E-state index contributed by atoms with van der Waals surface area (Å²) in [6.07, 6.45) is 0. The Morgan fingerprint density at radius 2 is 1.90 bits per heavy atom. The van der Waals surface area contributed by atoms with Gasteiger partial charge in [0, 0.05) is 0 Å². The molecule has 0 radical (unpaired) electrons. The summed E-state index contributed by atoms with van der Waals surface area (Å²) in [5.74, 6) is 0. The van der Waals surface area contributed by atoms with Crippen LogP contribution in [0.2, 0.25) is 0 Å². The molecule has 0 fully saturated rings. The van der Waals surface area contributed by atoms with E-state index < -0.39 is 0 Å². The van der Waals surface area contributed by atoms with Crippen molar-refractivity contribution >= 4 is 3.47 Å². The van der Waals surface area contributed by atoms with E-state index in [0.29, 0.717) is 0 Å². The second kappa shape index (κ2) is 4.79. The SMILES string of the molecule is CC([PH][Nd])c1ccccc1. The third-order valence-electron chi connectivity index (χ3n) is 1.52. The minimum absolute atomic E-state index is 0.799. The molecule has 0 amide bonds. The first-order chi connectivity index (χ1) is 4.84. The fourth-order valence-corrected chi connectivity index (χ4v) is 2.79. The van der Waals surface area contributed by atoms with Crippen molar-refractivity contribution in [2.24, 2.45) is 0 Å². The van der Waals surface area contributed by atoms with Gasteiger partial charge >= 0.3 is 90.0 Å². The maximum atomic E-state index is 2.31. The fourth-order valence-electron chi connectivity index (χ4n) is 0.825. The summed E-state index contributed by atoms with van der Waals surface area (Å²) in [5, 5.41) is 0. The van der Waals surface area contributed by atoms with Crippen molar-refractivity contribution in [1.29, 1.82) is 0 Å². The third kappa shape index (κ3) is 2.56. The molecule has 0 heterocycles. The van der Waals surface area contributed by atoms with Crippen LogP contribution in [0, 0.1) is 38.0 Å². The van der Waals surface area contributed by atoms with Crippen molar-refractivity contribution in [3.05, 3.63) is 35.9 Å². The van der Waals surface area contributed by atoms with Gasteiger partial charge in [-0.15, -0.1) is 0 Å². The van der Waals surface area contributed by atoms with Gasteiger partial charge in [0.2, 0.25) is 0 Å². The van der Waals surface area contributed by atoms with E-state index >= 15 is 0 Å². The molecule has 0 aliphatic heterocycles. The number of hydrogen-bond donors (Lipinski definition) is 0. The van der Waals surface area contributed by atoms with E-state index in [0.717, 1.165) is 9.13 Å². The van der Waals surface area contributed by atoms with Crippen LogP contribution >= 0.6 is 3.47 Å². The summed E-state index contributed by atoms with van der Waals surface area (Å²) in [7, 11) is 0. The molecule has 1 aromatic rings. The molecule has 51 valence electrons. The van der Waals surface area contributed by atoms with Gasteiger partial charge in [0.1, 0.15) is 0 Å². The molecule has 0 saturated heterocycles. The summed E-state index contributed by atoms with van der Waals surface area (Å²) in [5.41, 5.74) is 2.30. The van der Waals surface area contributed by atoms with Crippen LogP contribution in [0.5, 0.6) is 0 Å². The van der Waals surface area contributed by atoms with E-state index in [1.54, 1.807) is 0 Å². The minimum atomic E-state index is 0.799. The summed E-state index contributed by atoms with van der Waals surface area (Å²) in [6.45, 7) is 2.31. The van der Waals surface area contributed by atoms with Gasteiger partial charge in [0.15, 0.2) is 0 Å².